The number of nitro groups is 1. The molecule has 23 heavy (non-hydrogen) atoms. The smallest absolute Gasteiger partial charge is 0.280 e. The summed E-state index contributed by atoms with van der Waals surface area (Å²) in [4.78, 5) is 22.3. The van der Waals surface area contributed by atoms with E-state index in [1.165, 1.54) is 36.8 Å². The molecule has 0 unspecified atom stereocenters. The number of rotatable bonds is 5. The highest BCUT2D eigenvalue weighted by Gasteiger charge is 2.22. The number of nitrogens with one attached hydrogen (secondary N) is 1. The molecule has 0 radical (unpaired) electrons. The van der Waals surface area contributed by atoms with Crippen LogP contribution >= 0.6 is 0 Å². The van der Waals surface area contributed by atoms with Crippen LogP contribution in [0.5, 0.6) is 11.5 Å². The molecule has 1 amide bonds. The lowest BCUT2D eigenvalue weighted by molar-refractivity contribution is -0.385. The molecule has 2 heterocycles. The molecule has 1 N–H and O–H groups in total. The first-order valence-electron chi connectivity index (χ1n) is 6.68. The molecule has 8 nitrogen and oxygen atoms in total. The van der Waals surface area contributed by atoms with Crippen LogP contribution in [0.3, 0.4) is 0 Å². The lowest BCUT2D eigenvalue weighted by Crippen LogP contribution is -2.19. The van der Waals surface area contributed by atoms with Crippen molar-refractivity contribution in [2.45, 2.75) is 6.54 Å². The van der Waals surface area contributed by atoms with Crippen LogP contribution in [0.1, 0.15) is 11.1 Å². The Bertz CT molecular complexity index is 767. The molecule has 1 aromatic carbocycles. The fraction of sp³-hybridized carbons (Fsp3) is 0.133. The van der Waals surface area contributed by atoms with E-state index in [1.54, 1.807) is 6.07 Å². The molecule has 0 spiro atoms. The normalized spacial score (nSPS) is 12.5. The molecule has 0 atom stereocenters. The second-order valence-corrected chi connectivity index (χ2v) is 4.70. The molecule has 1 aromatic heterocycles. The molecule has 1 aliphatic rings. The molecule has 0 saturated heterocycles. The van der Waals surface area contributed by atoms with Gasteiger partial charge in [-0.2, -0.15) is 0 Å². The minimum absolute atomic E-state index is 0.0187. The Morgan fingerprint density at radius 2 is 2.13 bits per heavy atom. The monoisotopic (exact) mass is 316 g/mol. The van der Waals surface area contributed by atoms with Crippen LogP contribution in [0.4, 0.5) is 5.69 Å². The molecule has 0 bridgehead atoms. The van der Waals surface area contributed by atoms with Crippen LogP contribution in [0.25, 0.3) is 6.08 Å². The van der Waals surface area contributed by atoms with E-state index in [4.69, 9.17) is 13.9 Å². The Labute approximate surface area is 130 Å². The first kappa shape index (κ1) is 14.6. The minimum Gasteiger partial charge on any atom is -0.472 e. The van der Waals surface area contributed by atoms with Crippen molar-refractivity contribution in [2.24, 2.45) is 0 Å². The summed E-state index contributed by atoms with van der Waals surface area (Å²) in [5, 5.41) is 13.8. The third kappa shape index (κ3) is 3.31. The largest absolute Gasteiger partial charge is 0.472 e. The van der Waals surface area contributed by atoms with Crippen LogP contribution in [-0.4, -0.2) is 17.6 Å². The average molecular weight is 316 g/mol. The quantitative estimate of drug-likeness (QED) is 0.515. The molecule has 8 heteroatoms. The Kier molecular flexibility index (Phi) is 3.96. The first-order valence-corrected chi connectivity index (χ1v) is 6.68. The van der Waals surface area contributed by atoms with Crippen molar-refractivity contribution in [1.29, 1.82) is 0 Å². The van der Waals surface area contributed by atoms with Crippen LogP contribution in [0, 0.1) is 10.1 Å². The highest BCUT2D eigenvalue weighted by atomic mass is 16.7. The van der Waals surface area contributed by atoms with Gasteiger partial charge in [-0.25, -0.2) is 0 Å². The van der Waals surface area contributed by atoms with Crippen molar-refractivity contribution >= 4 is 17.7 Å². The van der Waals surface area contributed by atoms with Crippen LogP contribution < -0.4 is 14.8 Å². The van der Waals surface area contributed by atoms with Gasteiger partial charge >= 0.3 is 0 Å². The maximum atomic E-state index is 11.8. The molecule has 0 saturated carbocycles. The fourth-order valence-corrected chi connectivity index (χ4v) is 2.05. The van der Waals surface area contributed by atoms with Gasteiger partial charge in [0.25, 0.3) is 5.69 Å². The number of benzene rings is 1. The highest BCUT2D eigenvalue weighted by Crippen LogP contribution is 2.38. The van der Waals surface area contributed by atoms with Gasteiger partial charge in [0.2, 0.25) is 12.7 Å². The molecule has 0 aliphatic carbocycles. The van der Waals surface area contributed by atoms with Crippen molar-refractivity contribution in [3.05, 3.63) is 58.0 Å². The van der Waals surface area contributed by atoms with Gasteiger partial charge in [-0.1, -0.05) is 0 Å². The molecule has 2 aromatic rings. The van der Waals surface area contributed by atoms with E-state index in [0.717, 1.165) is 5.56 Å². The van der Waals surface area contributed by atoms with Gasteiger partial charge in [0.1, 0.15) is 0 Å². The number of amides is 1. The summed E-state index contributed by atoms with van der Waals surface area (Å²) in [7, 11) is 0. The Balaban J connectivity index is 1.73. The van der Waals surface area contributed by atoms with Crippen molar-refractivity contribution in [2.75, 3.05) is 6.79 Å². The van der Waals surface area contributed by atoms with Gasteiger partial charge in [0, 0.05) is 18.2 Å². The van der Waals surface area contributed by atoms with Gasteiger partial charge in [0.05, 0.1) is 29.1 Å². The molecule has 1 aliphatic heterocycles. The molecule has 3 rings (SSSR count). The summed E-state index contributed by atoms with van der Waals surface area (Å²) in [5.74, 6) is 0.352. The Morgan fingerprint density at radius 1 is 1.35 bits per heavy atom. The highest BCUT2D eigenvalue weighted by molar-refractivity contribution is 5.92. The minimum atomic E-state index is -0.537. The summed E-state index contributed by atoms with van der Waals surface area (Å²) < 4.78 is 15.2. The van der Waals surface area contributed by atoms with Crippen molar-refractivity contribution in [1.82, 2.24) is 5.32 Å². The number of nitrogens with zero attached hydrogens (tertiary/aromatic N) is 1. The SMILES string of the molecule is O=C(C=Cc1cc2c(cc1[N+](=O)[O-])OCO2)NCc1ccoc1. The number of carbonyl (C=O) groups is 1. The van der Waals surface area contributed by atoms with E-state index >= 15 is 0 Å². The number of furan rings is 1. The zero-order valence-electron chi connectivity index (χ0n) is 11.9. The van der Waals surface area contributed by atoms with Gasteiger partial charge in [-0.05, 0) is 18.2 Å². The van der Waals surface area contributed by atoms with Crippen molar-refractivity contribution in [3.63, 3.8) is 0 Å². The topological polar surface area (TPSA) is 104 Å². The Morgan fingerprint density at radius 3 is 2.83 bits per heavy atom. The van der Waals surface area contributed by atoms with Crippen LogP contribution in [0.2, 0.25) is 0 Å². The summed E-state index contributed by atoms with van der Waals surface area (Å²) in [6.45, 7) is 0.327. The van der Waals surface area contributed by atoms with Gasteiger partial charge < -0.3 is 19.2 Å². The lowest BCUT2D eigenvalue weighted by Gasteiger charge is -2.01. The second-order valence-electron chi connectivity index (χ2n) is 4.70. The van der Waals surface area contributed by atoms with Gasteiger partial charge in [0.15, 0.2) is 11.5 Å². The number of fused-ring (bicyclic) bond motifs is 1. The van der Waals surface area contributed by atoms with Crippen molar-refractivity contribution in [3.8, 4) is 11.5 Å². The fourth-order valence-electron chi connectivity index (χ4n) is 2.05. The maximum absolute atomic E-state index is 11.8. The summed E-state index contributed by atoms with van der Waals surface area (Å²) in [5.41, 5.74) is 0.923. The van der Waals surface area contributed by atoms with E-state index in [0.29, 0.717) is 18.0 Å². The van der Waals surface area contributed by atoms with Gasteiger partial charge in [-0.3, -0.25) is 14.9 Å². The first-order chi connectivity index (χ1) is 11.1. The molecule has 118 valence electrons. The maximum Gasteiger partial charge on any atom is 0.280 e. The second kappa shape index (κ2) is 6.22. The number of ether oxygens (including phenoxy) is 2. The number of hydrogen-bond donors (Lipinski definition) is 1. The van der Waals surface area contributed by atoms with E-state index in [-0.39, 0.29) is 24.0 Å². The lowest BCUT2D eigenvalue weighted by atomic mass is 10.1. The van der Waals surface area contributed by atoms with E-state index in [9.17, 15) is 14.9 Å². The summed E-state index contributed by atoms with van der Waals surface area (Å²) >= 11 is 0. The number of nitro benzene ring substituents is 1. The van der Waals surface area contributed by atoms with Crippen molar-refractivity contribution < 1.29 is 23.6 Å². The number of carbonyl (C=O) groups excluding carboxylic acids is 1. The third-order valence-electron chi connectivity index (χ3n) is 3.18. The van der Waals surface area contributed by atoms with Crippen LogP contribution in [-0.2, 0) is 11.3 Å². The predicted octanol–water partition coefficient (Wildman–Crippen LogP) is 2.25. The standard InChI is InChI=1S/C15H12N2O6/c18-15(16-7-10-3-4-21-8-10)2-1-11-5-13-14(23-9-22-13)6-12(11)17(19)20/h1-6,8H,7,9H2,(H,16,18). The summed E-state index contributed by atoms with van der Waals surface area (Å²) in [6.07, 6.45) is 5.62. The van der Waals surface area contributed by atoms with Crippen LogP contribution in [0.15, 0.2) is 41.2 Å². The van der Waals surface area contributed by atoms with E-state index in [2.05, 4.69) is 5.32 Å². The average Bonchev–Trinajstić information content (AvgIpc) is 3.20. The zero-order chi connectivity index (χ0) is 16.2. The molecule has 0 fully saturated rings. The predicted molar refractivity (Wildman–Crippen MR) is 78.8 cm³/mol. The van der Waals surface area contributed by atoms with Gasteiger partial charge in [-0.15, -0.1) is 0 Å². The molecular weight excluding hydrogens is 304 g/mol. The van der Waals surface area contributed by atoms with E-state index < -0.39 is 4.92 Å². The zero-order valence-corrected chi connectivity index (χ0v) is 11.9. The molecular formula is C15H12N2O6. The third-order valence-corrected chi connectivity index (χ3v) is 3.18. The summed E-state index contributed by atoms with van der Waals surface area (Å²) in [6, 6.07) is 4.48. The number of hydrogen-bond acceptors (Lipinski definition) is 6. The van der Waals surface area contributed by atoms with E-state index in [1.807, 2.05) is 0 Å². The Hall–Kier alpha value is -3.29.